The van der Waals surface area contributed by atoms with Crippen LogP contribution < -0.4 is 11.3 Å². The molecule has 1 aromatic carbocycles. The lowest BCUT2D eigenvalue weighted by atomic mass is 10.0. The van der Waals surface area contributed by atoms with Gasteiger partial charge in [-0.2, -0.15) is 4.98 Å². The highest BCUT2D eigenvalue weighted by atomic mass is 31.2. The van der Waals surface area contributed by atoms with E-state index in [1.807, 2.05) is 0 Å². The molecular formula is C21H22F2N5O6P. The summed E-state index contributed by atoms with van der Waals surface area (Å²) in [5, 5.41) is 10.7. The van der Waals surface area contributed by atoms with Crippen molar-refractivity contribution in [2.75, 3.05) is 18.9 Å². The second-order valence-electron chi connectivity index (χ2n) is 8.44. The molecule has 0 radical (unpaired) electrons. The van der Waals surface area contributed by atoms with Crippen LogP contribution in [0.3, 0.4) is 0 Å². The maximum atomic E-state index is 13.6. The molecule has 186 valence electrons. The van der Waals surface area contributed by atoms with E-state index in [1.165, 1.54) is 6.33 Å². The molecule has 0 bridgehead atoms. The van der Waals surface area contributed by atoms with Gasteiger partial charge >= 0.3 is 7.82 Å². The lowest BCUT2D eigenvalue weighted by Crippen LogP contribution is -2.22. The number of nitrogens with two attached hydrogens (primary N) is 1. The second kappa shape index (κ2) is 8.92. The summed E-state index contributed by atoms with van der Waals surface area (Å²) in [6.45, 7) is 3.79. The van der Waals surface area contributed by atoms with E-state index in [9.17, 15) is 23.2 Å². The molecule has 1 saturated heterocycles. The number of nitrogen functional groups attached to an aromatic ring is 1. The van der Waals surface area contributed by atoms with Gasteiger partial charge in [0.2, 0.25) is 5.95 Å². The molecule has 0 spiro atoms. The molecule has 11 nitrogen and oxygen atoms in total. The smallest absolute Gasteiger partial charge is 0.392 e. The molecular weight excluding hydrogens is 487 g/mol. The van der Waals surface area contributed by atoms with Crippen molar-refractivity contribution in [2.24, 2.45) is 5.92 Å². The van der Waals surface area contributed by atoms with Crippen LogP contribution in [0.2, 0.25) is 0 Å². The van der Waals surface area contributed by atoms with Crippen molar-refractivity contribution in [3.63, 3.8) is 0 Å². The minimum atomic E-state index is -4.09. The highest BCUT2D eigenvalue weighted by molar-refractivity contribution is 7.48. The topological polar surface area (TPSA) is 155 Å². The molecule has 3 aromatic rings. The number of aromatic amines is 1. The normalized spacial score (nSPS) is 29.2. The van der Waals surface area contributed by atoms with Gasteiger partial charge in [-0.15, -0.1) is 0 Å². The Morgan fingerprint density at radius 1 is 1.34 bits per heavy atom. The summed E-state index contributed by atoms with van der Waals surface area (Å²) in [5.74, 6) is -2.30. The van der Waals surface area contributed by atoms with E-state index in [-0.39, 0.29) is 48.7 Å². The van der Waals surface area contributed by atoms with Crippen molar-refractivity contribution in [1.29, 1.82) is 0 Å². The summed E-state index contributed by atoms with van der Waals surface area (Å²) in [4.78, 5) is 22.7. The summed E-state index contributed by atoms with van der Waals surface area (Å²) in [6.07, 6.45) is 0.0327. The fraction of sp³-hybridized carbons (Fsp3) is 0.381. The van der Waals surface area contributed by atoms with Gasteiger partial charge in [0.1, 0.15) is 11.6 Å². The zero-order valence-corrected chi connectivity index (χ0v) is 19.2. The summed E-state index contributed by atoms with van der Waals surface area (Å²) in [7, 11) is -4.09. The summed E-state index contributed by atoms with van der Waals surface area (Å²) in [6, 6.07) is 2.44. The summed E-state index contributed by atoms with van der Waals surface area (Å²) >= 11 is 0. The third-order valence-electron chi connectivity index (χ3n) is 6.17. The molecule has 35 heavy (non-hydrogen) atoms. The Morgan fingerprint density at radius 3 is 2.83 bits per heavy atom. The van der Waals surface area contributed by atoms with Crippen molar-refractivity contribution >= 4 is 24.9 Å². The number of aromatic nitrogens is 4. The molecule has 1 aliphatic carbocycles. The first-order valence-electron chi connectivity index (χ1n) is 10.8. The van der Waals surface area contributed by atoms with Crippen molar-refractivity contribution in [2.45, 2.75) is 31.1 Å². The standard InChI is InChI=1S/C21H22F2N5O6P/c1-10-14(16(29)7-15(10)28-9-25-18-19(28)26-21(24)27-20(18)30)8-33-35(31)32-3-2-17(34-35)11-4-12(22)6-13(23)5-11/h4-6,9,14-17,29H,1-3,7-8H2,(H3,24,26,27,30)/t14-,15-,16-,17+,35?/m0/s1. The maximum absolute atomic E-state index is 13.6. The second-order valence-corrected chi connectivity index (χ2v) is 10.1. The summed E-state index contributed by atoms with van der Waals surface area (Å²) < 4.78 is 58.1. The number of hydrogen-bond donors (Lipinski definition) is 3. The Balaban J connectivity index is 1.31. The van der Waals surface area contributed by atoms with Gasteiger partial charge < -0.3 is 15.4 Å². The Labute approximate surface area is 197 Å². The van der Waals surface area contributed by atoms with Crippen molar-refractivity contribution in [3.05, 3.63) is 64.2 Å². The maximum Gasteiger partial charge on any atom is 0.475 e. The van der Waals surface area contributed by atoms with E-state index < -0.39 is 49.2 Å². The molecule has 1 saturated carbocycles. The van der Waals surface area contributed by atoms with Crippen LogP contribution in [-0.2, 0) is 18.1 Å². The average Bonchev–Trinajstić information content (AvgIpc) is 3.32. The molecule has 5 rings (SSSR count). The first-order chi connectivity index (χ1) is 16.6. The molecule has 3 heterocycles. The lowest BCUT2D eigenvalue weighted by molar-refractivity contribution is 0.0163. The molecule has 1 aliphatic heterocycles. The van der Waals surface area contributed by atoms with Gasteiger partial charge in [-0.05, 0) is 29.7 Å². The predicted octanol–water partition coefficient (Wildman–Crippen LogP) is 2.76. The zero-order chi connectivity index (χ0) is 24.9. The molecule has 4 N–H and O–H groups in total. The Hall–Kier alpha value is -2.96. The van der Waals surface area contributed by atoms with Crippen LogP contribution >= 0.6 is 7.82 Å². The Kier molecular flexibility index (Phi) is 6.06. The number of anilines is 1. The number of halogens is 2. The molecule has 2 fully saturated rings. The van der Waals surface area contributed by atoms with Crippen LogP contribution in [0, 0.1) is 17.6 Å². The van der Waals surface area contributed by atoms with Crippen LogP contribution in [0.25, 0.3) is 11.2 Å². The van der Waals surface area contributed by atoms with Crippen LogP contribution in [0.4, 0.5) is 14.7 Å². The van der Waals surface area contributed by atoms with Crippen LogP contribution in [-0.4, -0.2) is 43.9 Å². The highest BCUT2D eigenvalue weighted by Gasteiger charge is 2.42. The van der Waals surface area contributed by atoms with Crippen molar-refractivity contribution in [1.82, 2.24) is 19.5 Å². The third kappa shape index (κ3) is 4.53. The highest BCUT2D eigenvalue weighted by Crippen LogP contribution is 2.58. The largest absolute Gasteiger partial charge is 0.475 e. The van der Waals surface area contributed by atoms with Crippen LogP contribution in [0.5, 0.6) is 0 Å². The Morgan fingerprint density at radius 2 is 2.09 bits per heavy atom. The van der Waals surface area contributed by atoms with Crippen molar-refractivity contribution in [3.8, 4) is 0 Å². The molecule has 2 aliphatic rings. The number of aliphatic hydroxyl groups is 1. The number of fused-ring (bicyclic) bond motifs is 1. The summed E-state index contributed by atoms with van der Waals surface area (Å²) in [5.41, 5.74) is 6.20. The van der Waals surface area contributed by atoms with Gasteiger partial charge in [-0.1, -0.05) is 6.58 Å². The minimum Gasteiger partial charge on any atom is -0.392 e. The quantitative estimate of drug-likeness (QED) is 0.348. The lowest BCUT2D eigenvalue weighted by Gasteiger charge is -2.30. The van der Waals surface area contributed by atoms with Crippen molar-refractivity contribution < 1.29 is 32.0 Å². The number of phosphoric ester groups is 1. The molecule has 1 unspecified atom stereocenters. The van der Waals surface area contributed by atoms with Gasteiger partial charge in [0.15, 0.2) is 11.2 Å². The van der Waals surface area contributed by atoms with E-state index >= 15 is 0 Å². The molecule has 2 aromatic heterocycles. The van der Waals surface area contributed by atoms with E-state index in [2.05, 4.69) is 21.5 Å². The monoisotopic (exact) mass is 509 g/mol. The number of aliphatic hydroxyl groups excluding tert-OH is 1. The molecule has 5 atom stereocenters. The zero-order valence-electron chi connectivity index (χ0n) is 18.3. The minimum absolute atomic E-state index is 0.0144. The number of imidazole rings is 1. The van der Waals surface area contributed by atoms with Crippen LogP contribution in [0.15, 0.2) is 41.5 Å². The average molecular weight is 509 g/mol. The number of H-pyrrole nitrogens is 1. The van der Waals surface area contributed by atoms with Gasteiger partial charge in [0.05, 0.1) is 37.8 Å². The van der Waals surface area contributed by atoms with Gasteiger partial charge in [0.25, 0.3) is 5.56 Å². The number of phosphoric acid groups is 1. The number of rotatable bonds is 5. The Bertz CT molecular complexity index is 1390. The van der Waals surface area contributed by atoms with E-state index in [4.69, 9.17) is 19.3 Å². The number of hydrogen-bond acceptors (Lipinski definition) is 9. The fourth-order valence-electron chi connectivity index (χ4n) is 4.46. The molecule has 0 amide bonds. The third-order valence-corrected chi connectivity index (χ3v) is 7.65. The van der Waals surface area contributed by atoms with Crippen LogP contribution in [0.1, 0.15) is 30.6 Å². The SMILES string of the molecule is C=C1[C@H](COP2(=O)OCC[C@H](c3cc(F)cc(F)c3)O2)[C@@H](O)C[C@@H]1n1cnc2c(=O)[nH]c(N)nc21. The van der Waals surface area contributed by atoms with E-state index in [0.29, 0.717) is 5.57 Å². The van der Waals surface area contributed by atoms with Gasteiger partial charge in [-0.25, -0.2) is 18.3 Å². The van der Waals surface area contributed by atoms with E-state index in [0.717, 1.165) is 18.2 Å². The first-order valence-corrected chi connectivity index (χ1v) is 12.2. The van der Waals surface area contributed by atoms with Gasteiger partial charge in [-0.3, -0.25) is 23.3 Å². The predicted molar refractivity (Wildman–Crippen MR) is 119 cm³/mol. The number of benzene rings is 1. The van der Waals surface area contributed by atoms with Gasteiger partial charge in [0, 0.05) is 18.4 Å². The molecule has 14 heteroatoms. The fourth-order valence-corrected chi connectivity index (χ4v) is 5.87. The number of nitrogens with zero attached hydrogens (tertiary/aromatic N) is 3. The number of nitrogens with one attached hydrogen (secondary N) is 1. The first kappa shape index (κ1) is 23.8. The van der Waals surface area contributed by atoms with E-state index in [1.54, 1.807) is 4.57 Å².